The number of methoxy groups -OCH3 is 1. The maximum Gasteiger partial charge on any atom is 0.119 e. The minimum atomic E-state index is 0.488. The second-order valence-electron chi connectivity index (χ2n) is 4.57. The van der Waals surface area contributed by atoms with Crippen LogP contribution < -0.4 is 10.1 Å². The third-order valence-electron chi connectivity index (χ3n) is 2.69. The molecule has 0 saturated heterocycles. The molecule has 0 bridgehead atoms. The highest BCUT2D eigenvalue weighted by molar-refractivity contribution is 5.29. The Morgan fingerprint density at radius 1 is 1.35 bits per heavy atom. The number of benzene rings is 1. The standard InChI is InChI=1S/C14H24N2O/c1-5-15-13(11-16(2)3)9-12-7-6-8-14(10-12)17-4/h6-8,10,13,15H,5,9,11H2,1-4H3. The van der Waals surface area contributed by atoms with Gasteiger partial charge in [0.15, 0.2) is 0 Å². The third kappa shape index (κ3) is 5.20. The number of likely N-dealkylation sites (N-methyl/N-ethyl adjacent to an activating group) is 2. The quantitative estimate of drug-likeness (QED) is 0.781. The van der Waals surface area contributed by atoms with Crippen molar-refractivity contribution in [2.45, 2.75) is 19.4 Å². The molecule has 1 aromatic rings. The van der Waals surface area contributed by atoms with Gasteiger partial charge in [0.2, 0.25) is 0 Å². The molecule has 3 nitrogen and oxygen atoms in total. The average molecular weight is 236 g/mol. The summed E-state index contributed by atoms with van der Waals surface area (Å²) in [5.74, 6) is 0.933. The Kier molecular flexibility index (Phi) is 6.01. The maximum absolute atomic E-state index is 5.25. The zero-order valence-electron chi connectivity index (χ0n) is 11.4. The number of hydrogen-bond donors (Lipinski definition) is 1. The molecule has 0 fully saturated rings. The Morgan fingerprint density at radius 3 is 2.71 bits per heavy atom. The van der Waals surface area contributed by atoms with Crippen molar-refractivity contribution in [3.8, 4) is 5.75 Å². The van der Waals surface area contributed by atoms with Gasteiger partial charge in [-0.1, -0.05) is 19.1 Å². The van der Waals surface area contributed by atoms with Crippen molar-refractivity contribution in [2.24, 2.45) is 0 Å². The van der Waals surface area contributed by atoms with Gasteiger partial charge in [-0.05, 0) is 44.8 Å². The molecule has 17 heavy (non-hydrogen) atoms. The van der Waals surface area contributed by atoms with Crippen LogP contribution in [0, 0.1) is 0 Å². The largest absolute Gasteiger partial charge is 0.497 e. The molecule has 1 atom stereocenters. The zero-order valence-corrected chi connectivity index (χ0v) is 11.4. The van der Waals surface area contributed by atoms with Gasteiger partial charge in [0, 0.05) is 12.6 Å². The van der Waals surface area contributed by atoms with E-state index in [1.807, 2.05) is 12.1 Å². The second-order valence-corrected chi connectivity index (χ2v) is 4.57. The van der Waals surface area contributed by atoms with Crippen LogP contribution in [0.5, 0.6) is 5.75 Å². The molecule has 3 heteroatoms. The predicted octanol–water partition coefficient (Wildman–Crippen LogP) is 1.78. The fourth-order valence-electron chi connectivity index (χ4n) is 2.01. The van der Waals surface area contributed by atoms with E-state index in [1.54, 1.807) is 7.11 Å². The first kappa shape index (κ1) is 14.0. The van der Waals surface area contributed by atoms with E-state index >= 15 is 0 Å². The van der Waals surface area contributed by atoms with E-state index in [2.05, 4.69) is 43.4 Å². The second kappa shape index (κ2) is 7.30. The molecule has 1 rings (SSSR count). The summed E-state index contributed by atoms with van der Waals surface area (Å²) in [6.45, 7) is 4.20. The van der Waals surface area contributed by atoms with E-state index in [0.29, 0.717) is 6.04 Å². The Hall–Kier alpha value is -1.06. The minimum Gasteiger partial charge on any atom is -0.497 e. The maximum atomic E-state index is 5.25. The summed E-state index contributed by atoms with van der Waals surface area (Å²) in [6.07, 6.45) is 1.03. The van der Waals surface area contributed by atoms with Gasteiger partial charge in [-0.25, -0.2) is 0 Å². The highest BCUT2D eigenvalue weighted by Crippen LogP contribution is 2.14. The van der Waals surface area contributed by atoms with Gasteiger partial charge in [-0.15, -0.1) is 0 Å². The summed E-state index contributed by atoms with van der Waals surface area (Å²) in [5, 5.41) is 3.52. The summed E-state index contributed by atoms with van der Waals surface area (Å²) in [4.78, 5) is 2.22. The number of rotatable bonds is 7. The Labute approximate surface area is 105 Å². The van der Waals surface area contributed by atoms with Gasteiger partial charge in [-0.3, -0.25) is 0 Å². The lowest BCUT2D eigenvalue weighted by Gasteiger charge is -2.22. The molecule has 0 aliphatic heterocycles. The van der Waals surface area contributed by atoms with Gasteiger partial charge < -0.3 is 15.0 Å². The first-order chi connectivity index (χ1) is 8.15. The van der Waals surface area contributed by atoms with Crippen molar-refractivity contribution in [3.05, 3.63) is 29.8 Å². The van der Waals surface area contributed by atoms with Gasteiger partial charge in [0.05, 0.1) is 7.11 Å². The van der Waals surface area contributed by atoms with Crippen LogP contribution in [0.2, 0.25) is 0 Å². The molecular weight excluding hydrogens is 212 g/mol. The van der Waals surface area contributed by atoms with E-state index in [1.165, 1.54) is 5.56 Å². The van der Waals surface area contributed by atoms with E-state index < -0.39 is 0 Å². The third-order valence-corrected chi connectivity index (χ3v) is 2.69. The molecule has 0 aliphatic rings. The molecule has 0 heterocycles. The first-order valence-corrected chi connectivity index (χ1v) is 6.16. The van der Waals surface area contributed by atoms with Gasteiger partial charge >= 0.3 is 0 Å². The molecule has 1 N–H and O–H groups in total. The fourth-order valence-corrected chi connectivity index (χ4v) is 2.01. The molecule has 0 aliphatic carbocycles. The van der Waals surface area contributed by atoms with Gasteiger partial charge in [-0.2, -0.15) is 0 Å². The summed E-state index contributed by atoms with van der Waals surface area (Å²) < 4.78 is 5.25. The lowest BCUT2D eigenvalue weighted by molar-refractivity contribution is 0.338. The smallest absolute Gasteiger partial charge is 0.119 e. The molecule has 96 valence electrons. The summed E-state index contributed by atoms with van der Waals surface area (Å²) >= 11 is 0. The minimum absolute atomic E-state index is 0.488. The highest BCUT2D eigenvalue weighted by atomic mass is 16.5. The number of nitrogens with one attached hydrogen (secondary N) is 1. The topological polar surface area (TPSA) is 24.5 Å². The van der Waals surface area contributed by atoms with Crippen LogP contribution in [0.3, 0.4) is 0 Å². The van der Waals surface area contributed by atoms with Crippen molar-refractivity contribution in [2.75, 3.05) is 34.3 Å². The summed E-state index contributed by atoms with van der Waals surface area (Å²) in [6, 6.07) is 8.79. The van der Waals surface area contributed by atoms with Crippen molar-refractivity contribution in [1.29, 1.82) is 0 Å². The fraction of sp³-hybridized carbons (Fsp3) is 0.571. The van der Waals surface area contributed by atoms with Crippen LogP contribution in [0.15, 0.2) is 24.3 Å². The van der Waals surface area contributed by atoms with E-state index in [4.69, 9.17) is 4.74 Å². The average Bonchev–Trinajstić information content (AvgIpc) is 2.29. The van der Waals surface area contributed by atoms with Crippen LogP contribution in [-0.4, -0.2) is 45.2 Å². The van der Waals surface area contributed by atoms with Crippen molar-refractivity contribution >= 4 is 0 Å². The molecule has 0 radical (unpaired) electrons. The summed E-state index contributed by atoms with van der Waals surface area (Å²) in [5.41, 5.74) is 1.32. The molecule has 0 amide bonds. The van der Waals surface area contributed by atoms with Crippen molar-refractivity contribution in [1.82, 2.24) is 10.2 Å². The zero-order chi connectivity index (χ0) is 12.7. The lowest BCUT2D eigenvalue weighted by Crippen LogP contribution is -2.39. The summed E-state index contributed by atoms with van der Waals surface area (Å²) in [7, 11) is 5.92. The van der Waals surface area contributed by atoms with E-state index in [0.717, 1.165) is 25.3 Å². The normalized spacial score (nSPS) is 12.8. The SMILES string of the molecule is CCNC(Cc1cccc(OC)c1)CN(C)C. The van der Waals surface area contributed by atoms with Crippen LogP contribution >= 0.6 is 0 Å². The molecule has 0 saturated carbocycles. The van der Waals surface area contributed by atoms with Crippen LogP contribution in [0.25, 0.3) is 0 Å². The molecule has 1 unspecified atom stereocenters. The molecular formula is C14H24N2O. The van der Waals surface area contributed by atoms with Crippen molar-refractivity contribution < 1.29 is 4.74 Å². The Balaban J connectivity index is 2.64. The predicted molar refractivity (Wildman–Crippen MR) is 72.7 cm³/mol. The molecule has 0 spiro atoms. The molecule has 0 aromatic heterocycles. The van der Waals surface area contributed by atoms with Crippen LogP contribution in [-0.2, 0) is 6.42 Å². The monoisotopic (exact) mass is 236 g/mol. The first-order valence-electron chi connectivity index (χ1n) is 6.16. The Bertz CT molecular complexity index is 326. The number of ether oxygens (including phenoxy) is 1. The van der Waals surface area contributed by atoms with Gasteiger partial charge in [0.25, 0.3) is 0 Å². The number of hydrogen-bond acceptors (Lipinski definition) is 3. The number of nitrogens with zero attached hydrogens (tertiary/aromatic N) is 1. The Morgan fingerprint density at radius 2 is 2.12 bits per heavy atom. The van der Waals surface area contributed by atoms with Crippen LogP contribution in [0.4, 0.5) is 0 Å². The van der Waals surface area contributed by atoms with Crippen molar-refractivity contribution in [3.63, 3.8) is 0 Å². The lowest BCUT2D eigenvalue weighted by atomic mass is 10.1. The highest BCUT2D eigenvalue weighted by Gasteiger charge is 2.09. The molecule has 1 aromatic carbocycles. The van der Waals surface area contributed by atoms with Crippen LogP contribution in [0.1, 0.15) is 12.5 Å². The van der Waals surface area contributed by atoms with Gasteiger partial charge in [0.1, 0.15) is 5.75 Å². The van der Waals surface area contributed by atoms with E-state index in [9.17, 15) is 0 Å². The van der Waals surface area contributed by atoms with E-state index in [-0.39, 0.29) is 0 Å².